The first-order valence-corrected chi connectivity index (χ1v) is 13.6. The van der Waals surface area contributed by atoms with Crippen molar-refractivity contribution in [2.45, 2.75) is 12.8 Å². The van der Waals surface area contributed by atoms with Gasteiger partial charge < -0.3 is 0 Å². The van der Waals surface area contributed by atoms with Gasteiger partial charge in [0.25, 0.3) is 0 Å². The fourth-order valence-corrected chi connectivity index (χ4v) is 14.2. The molecule has 0 radical (unpaired) electrons. The third-order valence-corrected chi connectivity index (χ3v) is 14.7. The summed E-state index contributed by atoms with van der Waals surface area (Å²) in [5.41, 5.74) is 0. The van der Waals surface area contributed by atoms with Crippen molar-refractivity contribution in [2.75, 3.05) is 23.0 Å². The number of hydrogen-bond donors (Lipinski definition) is 0. The predicted octanol–water partition coefficient (Wildman–Crippen LogP) is 7.07. The molecule has 4 aliphatic heterocycles. The Hall–Kier alpha value is 2.02. The van der Waals surface area contributed by atoms with Crippen LogP contribution in [-0.4, -0.2) is 23.0 Å². The maximum Gasteiger partial charge on any atom is 0.0717 e. The van der Waals surface area contributed by atoms with Gasteiger partial charge in [0.15, 0.2) is 0 Å². The zero-order chi connectivity index (χ0) is 13.4. The van der Waals surface area contributed by atoms with Gasteiger partial charge in [0.1, 0.15) is 0 Å². The molecule has 8 heteroatoms. The van der Waals surface area contributed by atoms with Crippen LogP contribution in [0.5, 0.6) is 0 Å². The van der Waals surface area contributed by atoms with Crippen LogP contribution in [0.2, 0.25) is 0 Å². The highest BCUT2D eigenvalue weighted by atomic mass is 32.3. The molecular weight excluding hydrogens is 401 g/mol. The van der Waals surface area contributed by atoms with Crippen molar-refractivity contribution in [1.82, 2.24) is 0 Å². The highest BCUT2D eigenvalue weighted by Crippen LogP contribution is 2.66. The molecule has 0 saturated carbocycles. The Morgan fingerprint density at radius 2 is 0.700 bits per heavy atom. The minimum Gasteiger partial charge on any atom is -0.117 e. The van der Waals surface area contributed by atoms with E-state index in [4.69, 9.17) is 0 Å². The lowest BCUT2D eigenvalue weighted by Crippen LogP contribution is -1.80. The predicted molar refractivity (Wildman–Crippen MR) is 111 cm³/mol. The summed E-state index contributed by atoms with van der Waals surface area (Å²) < 4.78 is 9.38. The highest BCUT2D eigenvalue weighted by molar-refractivity contribution is 8.45. The largest absolute Gasteiger partial charge is 0.117 e. The Morgan fingerprint density at radius 3 is 1.00 bits per heavy atom. The highest BCUT2D eigenvalue weighted by Gasteiger charge is 2.31. The zero-order valence-corrected chi connectivity index (χ0v) is 17.0. The molecule has 20 heavy (non-hydrogen) atoms. The monoisotopic (exact) mass is 412 g/mol. The molecule has 0 saturated heterocycles. The quantitative estimate of drug-likeness (QED) is 0.409. The van der Waals surface area contributed by atoms with E-state index in [0.29, 0.717) is 0 Å². The van der Waals surface area contributed by atoms with E-state index in [1.165, 1.54) is 35.9 Å². The minimum absolute atomic E-state index is 1.29. The summed E-state index contributed by atoms with van der Waals surface area (Å²) in [6.45, 7) is 0. The molecule has 4 heterocycles. The summed E-state index contributed by atoms with van der Waals surface area (Å²) in [7, 11) is 0. The Balaban J connectivity index is 1.50. The number of rotatable bonds is 0. The second kappa shape index (κ2) is 7.28. The van der Waals surface area contributed by atoms with Crippen molar-refractivity contribution in [3.05, 3.63) is 25.4 Å². The van der Waals surface area contributed by atoms with Gasteiger partial charge in [0.05, 0.1) is 25.4 Å². The van der Waals surface area contributed by atoms with Gasteiger partial charge in [-0.1, -0.05) is 47.0 Å². The molecule has 0 fully saturated rings. The third-order valence-electron chi connectivity index (χ3n) is 2.75. The summed E-state index contributed by atoms with van der Waals surface area (Å²) >= 11 is 16.4. The van der Waals surface area contributed by atoms with Gasteiger partial charge in [-0.2, -0.15) is 0 Å². The van der Waals surface area contributed by atoms with Gasteiger partial charge in [-0.3, -0.25) is 0 Å². The summed E-state index contributed by atoms with van der Waals surface area (Å²) in [5.74, 6) is 5.18. The fourth-order valence-electron chi connectivity index (χ4n) is 1.84. The molecule has 0 unspecified atom stereocenters. The Bertz CT molecular complexity index is 432. The molecule has 4 rings (SSSR count). The first kappa shape index (κ1) is 15.5. The second-order valence-electron chi connectivity index (χ2n) is 4.23. The SMILES string of the molecule is C1CSC2=C(SC1)SC(=C1SC3=C(SCCCS3)S1)S2. The van der Waals surface area contributed by atoms with E-state index in [-0.39, 0.29) is 0 Å². The maximum absolute atomic E-state index is 2.07. The molecule has 4 aliphatic rings. The molecule has 0 aromatic carbocycles. The van der Waals surface area contributed by atoms with Crippen LogP contribution < -0.4 is 0 Å². The molecule has 0 aliphatic carbocycles. The smallest absolute Gasteiger partial charge is 0.0717 e. The van der Waals surface area contributed by atoms with Crippen molar-refractivity contribution in [2.24, 2.45) is 0 Å². The lowest BCUT2D eigenvalue weighted by molar-refractivity contribution is 1.13. The summed E-state index contributed by atoms with van der Waals surface area (Å²) in [4.78, 5) is 0. The molecule has 0 aromatic heterocycles. The van der Waals surface area contributed by atoms with Gasteiger partial charge in [0, 0.05) is 0 Å². The van der Waals surface area contributed by atoms with Crippen molar-refractivity contribution >= 4 is 94.1 Å². The van der Waals surface area contributed by atoms with E-state index in [9.17, 15) is 0 Å². The average Bonchev–Trinajstić information content (AvgIpc) is 2.89. The van der Waals surface area contributed by atoms with Gasteiger partial charge >= 0.3 is 0 Å². The second-order valence-corrected chi connectivity index (χ2v) is 14.3. The van der Waals surface area contributed by atoms with E-state index < -0.39 is 0 Å². The molecule has 0 nitrogen and oxygen atoms in total. The zero-order valence-electron chi connectivity index (χ0n) is 10.5. The average molecular weight is 413 g/mol. The van der Waals surface area contributed by atoms with Gasteiger partial charge in [-0.25, -0.2) is 0 Å². The van der Waals surface area contributed by atoms with E-state index >= 15 is 0 Å². The Labute approximate surface area is 154 Å². The molecule has 108 valence electrons. The lowest BCUT2D eigenvalue weighted by atomic mass is 10.6. The van der Waals surface area contributed by atoms with Crippen molar-refractivity contribution in [3.8, 4) is 0 Å². The van der Waals surface area contributed by atoms with E-state index in [0.717, 1.165) is 0 Å². The Morgan fingerprint density at radius 1 is 0.400 bits per heavy atom. The van der Waals surface area contributed by atoms with Gasteiger partial charge in [0.2, 0.25) is 0 Å². The molecule has 0 bridgehead atoms. The van der Waals surface area contributed by atoms with Gasteiger partial charge in [-0.05, 0) is 35.9 Å². The number of thioether (sulfide) groups is 8. The maximum atomic E-state index is 2.07. The normalized spacial score (nSPS) is 27.6. The van der Waals surface area contributed by atoms with E-state index in [1.54, 1.807) is 25.4 Å². The van der Waals surface area contributed by atoms with E-state index in [2.05, 4.69) is 47.0 Å². The van der Waals surface area contributed by atoms with Crippen LogP contribution in [0.1, 0.15) is 12.8 Å². The topological polar surface area (TPSA) is 0 Å². The standard InChI is InChI=1S/C12H12S8/c1-3-13-7-8(14-4-1)18-11(17-7)12-19-9-10(20-12)16-6-2-5-15-9/h1-6H2. The van der Waals surface area contributed by atoms with E-state index in [1.807, 2.05) is 47.0 Å². The minimum atomic E-state index is 1.29. The summed E-state index contributed by atoms with van der Waals surface area (Å²) in [6, 6.07) is 0. The molecule has 0 aromatic rings. The van der Waals surface area contributed by atoms with Crippen LogP contribution in [0.15, 0.2) is 25.4 Å². The first-order chi connectivity index (χ1) is 9.90. The van der Waals surface area contributed by atoms with Crippen molar-refractivity contribution in [3.63, 3.8) is 0 Å². The van der Waals surface area contributed by atoms with Crippen molar-refractivity contribution in [1.29, 1.82) is 0 Å². The molecule has 0 amide bonds. The fraction of sp³-hybridized carbons (Fsp3) is 0.500. The molecule has 0 N–H and O–H groups in total. The van der Waals surface area contributed by atoms with Crippen LogP contribution in [0, 0.1) is 0 Å². The van der Waals surface area contributed by atoms with Crippen molar-refractivity contribution < 1.29 is 0 Å². The number of hydrogen-bond acceptors (Lipinski definition) is 8. The third kappa shape index (κ3) is 3.42. The Kier molecular flexibility index (Phi) is 5.66. The molecular formula is C12H12S8. The van der Waals surface area contributed by atoms with Crippen LogP contribution >= 0.6 is 94.1 Å². The molecule has 0 spiro atoms. The van der Waals surface area contributed by atoms with Crippen LogP contribution in [0.25, 0.3) is 0 Å². The summed E-state index contributed by atoms with van der Waals surface area (Å²) in [6.07, 6.45) is 2.70. The summed E-state index contributed by atoms with van der Waals surface area (Å²) in [5, 5.41) is 0. The van der Waals surface area contributed by atoms with Gasteiger partial charge in [-0.15, -0.1) is 47.0 Å². The lowest BCUT2D eigenvalue weighted by Gasteiger charge is -2.05. The van der Waals surface area contributed by atoms with Crippen LogP contribution in [0.3, 0.4) is 0 Å². The van der Waals surface area contributed by atoms with Crippen LogP contribution in [-0.2, 0) is 0 Å². The van der Waals surface area contributed by atoms with Crippen LogP contribution in [0.4, 0.5) is 0 Å². The first-order valence-electron chi connectivity index (χ1n) is 6.35. The molecule has 0 atom stereocenters.